The Hall–Kier alpha value is -1.74. The number of rotatable bonds is 1. The summed E-state index contributed by atoms with van der Waals surface area (Å²) < 4.78 is 24.7. The van der Waals surface area contributed by atoms with Crippen LogP contribution in [0.15, 0.2) is 18.2 Å². The molecule has 2 rings (SSSR count). The molecule has 2 N–H and O–H groups in total. The monoisotopic (exact) mass is 237 g/mol. The molecule has 0 radical (unpaired) electrons. The van der Waals surface area contributed by atoms with Crippen LogP contribution in [0.5, 0.6) is 0 Å². The van der Waals surface area contributed by atoms with E-state index in [0.717, 1.165) is 0 Å². The van der Waals surface area contributed by atoms with Crippen molar-refractivity contribution in [2.45, 2.75) is 6.42 Å². The van der Waals surface area contributed by atoms with Crippen molar-refractivity contribution in [1.29, 1.82) is 5.26 Å². The van der Waals surface area contributed by atoms with Gasteiger partial charge < -0.3 is 5.73 Å². The van der Waals surface area contributed by atoms with Gasteiger partial charge in [0.15, 0.2) is 0 Å². The zero-order valence-corrected chi connectivity index (χ0v) is 9.37. The Balaban J connectivity index is 2.53. The summed E-state index contributed by atoms with van der Waals surface area (Å²) in [6.07, 6.45) is 0.595. The Kier molecular flexibility index (Phi) is 2.48. The van der Waals surface area contributed by atoms with Gasteiger partial charge in [0.25, 0.3) is 0 Å². The molecule has 1 heterocycles. The van der Waals surface area contributed by atoms with Gasteiger partial charge in [-0.25, -0.2) is 8.42 Å². The molecule has 5 nitrogen and oxygen atoms in total. The van der Waals surface area contributed by atoms with Crippen LogP contribution in [0.4, 0.5) is 11.4 Å². The highest BCUT2D eigenvalue weighted by Crippen LogP contribution is 2.28. The van der Waals surface area contributed by atoms with Gasteiger partial charge in [-0.3, -0.25) is 4.31 Å². The van der Waals surface area contributed by atoms with Crippen LogP contribution in [0.1, 0.15) is 12.0 Å². The SMILES string of the molecule is N#Cc1cc(N)ccc1N1CCCS1(=O)=O. The van der Waals surface area contributed by atoms with Crippen LogP contribution in [0.3, 0.4) is 0 Å². The number of hydrogen-bond donors (Lipinski definition) is 1. The number of nitrogens with zero attached hydrogens (tertiary/aromatic N) is 2. The van der Waals surface area contributed by atoms with E-state index in [4.69, 9.17) is 11.0 Å². The first-order valence-corrected chi connectivity index (χ1v) is 6.45. The van der Waals surface area contributed by atoms with Crippen LogP contribution < -0.4 is 10.0 Å². The van der Waals surface area contributed by atoms with Crippen molar-refractivity contribution in [2.24, 2.45) is 0 Å². The average Bonchev–Trinajstić information content (AvgIpc) is 2.58. The molecular formula is C10H11N3O2S. The maximum absolute atomic E-state index is 11.7. The van der Waals surface area contributed by atoms with Gasteiger partial charge in [0.05, 0.1) is 17.0 Å². The van der Waals surface area contributed by atoms with E-state index < -0.39 is 10.0 Å². The lowest BCUT2D eigenvalue weighted by Crippen LogP contribution is -2.25. The molecule has 1 fully saturated rings. The van der Waals surface area contributed by atoms with E-state index in [1.54, 1.807) is 12.1 Å². The van der Waals surface area contributed by atoms with Crippen LogP contribution in [0, 0.1) is 11.3 Å². The lowest BCUT2D eigenvalue weighted by Gasteiger charge is -2.18. The molecule has 0 aliphatic carbocycles. The summed E-state index contributed by atoms with van der Waals surface area (Å²) in [5, 5.41) is 8.95. The minimum atomic E-state index is -3.24. The van der Waals surface area contributed by atoms with E-state index in [1.165, 1.54) is 10.4 Å². The average molecular weight is 237 g/mol. The first-order chi connectivity index (χ1) is 7.54. The third-order valence-corrected chi connectivity index (χ3v) is 4.36. The predicted octanol–water partition coefficient (Wildman–Crippen LogP) is 0.680. The predicted molar refractivity (Wildman–Crippen MR) is 61.3 cm³/mol. The Morgan fingerprint density at radius 2 is 2.19 bits per heavy atom. The fraction of sp³-hybridized carbons (Fsp3) is 0.300. The first kappa shape index (κ1) is 10.8. The third-order valence-electron chi connectivity index (χ3n) is 2.51. The maximum Gasteiger partial charge on any atom is 0.235 e. The molecule has 0 atom stereocenters. The molecule has 0 amide bonds. The highest BCUT2D eigenvalue weighted by molar-refractivity contribution is 7.93. The fourth-order valence-corrected chi connectivity index (χ4v) is 3.35. The van der Waals surface area contributed by atoms with Crippen LogP contribution in [0.25, 0.3) is 0 Å². The van der Waals surface area contributed by atoms with E-state index in [0.29, 0.717) is 29.9 Å². The van der Waals surface area contributed by atoms with Gasteiger partial charge in [-0.1, -0.05) is 0 Å². The number of nitrogen functional groups attached to an aromatic ring is 1. The van der Waals surface area contributed by atoms with Crippen molar-refractivity contribution >= 4 is 21.4 Å². The summed E-state index contributed by atoms with van der Waals surface area (Å²) in [7, 11) is -3.24. The molecule has 84 valence electrons. The number of nitrogens with two attached hydrogens (primary N) is 1. The zero-order valence-electron chi connectivity index (χ0n) is 8.55. The zero-order chi connectivity index (χ0) is 11.8. The van der Waals surface area contributed by atoms with Crippen molar-refractivity contribution in [3.05, 3.63) is 23.8 Å². The number of sulfonamides is 1. The summed E-state index contributed by atoms with van der Waals surface area (Å²) in [5.41, 5.74) is 6.73. The van der Waals surface area contributed by atoms with Gasteiger partial charge in [-0.05, 0) is 24.6 Å². The molecule has 0 spiro atoms. The fourth-order valence-electron chi connectivity index (χ4n) is 1.77. The minimum absolute atomic E-state index is 0.141. The van der Waals surface area contributed by atoms with Crippen molar-refractivity contribution in [2.75, 3.05) is 22.3 Å². The summed E-state index contributed by atoms with van der Waals surface area (Å²) in [4.78, 5) is 0. The van der Waals surface area contributed by atoms with E-state index in [1.807, 2.05) is 6.07 Å². The molecule has 0 saturated carbocycles. The minimum Gasteiger partial charge on any atom is -0.399 e. The van der Waals surface area contributed by atoms with Gasteiger partial charge in [0.1, 0.15) is 6.07 Å². The molecule has 0 unspecified atom stereocenters. The Morgan fingerprint density at radius 1 is 1.44 bits per heavy atom. The number of nitriles is 1. The van der Waals surface area contributed by atoms with Gasteiger partial charge >= 0.3 is 0 Å². The molecule has 6 heteroatoms. The largest absolute Gasteiger partial charge is 0.399 e. The Bertz CT molecular complexity index is 560. The molecule has 16 heavy (non-hydrogen) atoms. The summed E-state index contributed by atoms with van der Waals surface area (Å²) in [6.45, 7) is 0.431. The smallest absolute Gasteiger partial charge is 0.235 e. The van der Waals surface area contributed by atoms with Crippen molar-refractivity contribution < 1.29 is 8.42 Å². The number of benzene rings is 1. The molecule has 0 bridgehead atoms. The van der Waals surface area contributed by atoms with Crippen molar-refractivity contribution in [1.82, 2.24) is 0 Å². The summed E-state index contributed by atoms with van der Waals surface area (Å²) >= 11 is 0. The van der Waals surface area contributed by atoms with Crippen LogP contribution in [0.2, 0.25) is 0 Å². The van der Waals surface area contributed by atoms with E-state index in [9.17, 15) is 8.42 Å². The van der Waals surface area contributed by atoms with Crippen LogP contribution >= 0.6 is 0 Å². The van der Waals surface area contributed by atoms with E-state index in [2.05, 4.69) is 0 Å². The van der Waals surface area contributed by atoms with Crippen LogP contribution in [-0.4, -0.2) is 20.7 Å². The maximum atomic E-state index is 11.7. The van der Waals surface area contributed by atoms with Crippen molar-refractivity contribution in [3.63, 3.8) is 0 Å². The Labute approximate surface area is 94.1 Å². The summed E-state index contributed by atoms with van der Waals surface area (Å²) in [6, 6.07) is 6.64. The normalized spacial score (nSPS) is 18.3. The second kappa shape index (κ2) is 3.68. The molecule has 1 aliphatic heterocycles. The second-order valence-corrected chi connectivity index (χ2v) is 5.64. The highest BCUT2D eigenvalue weighted by Gasteiger charge is 2.29. The third kappa shape index (κ3) is 1.70. The summed E-state index contributed by atoms with van der Waals surface area (Å²) in [5.74, 6) is 0.141. The first-order valence-electron chi connectivity index (χ1n) is 4.84. The molecular weight excluding hydrogens is 226 g/mol. The van der Waals surface area contributed by atoms with Gasteiger partial charge in [-0.15, -0.1) is 0 Å². The molecule has 1 aliphatic rings. The molecule has 1 aromatic carbocycles. The second-order valence-electron chi connectivity index (χ2n) is 3.63. The van der Waals surface area contributed by atoms with Gasteiger partial charge in [-0.2, -0.15) is 5.26 Å². The topological polar surface area (TPSA) is 87.2 Å². The number of anilines is 2. The number of hydrogen-bond acceptors (Lipinski definition) is 4. The molecule has 1 aromatic rings. The lowest BCUT2D eigenvalue weighted by atomic mass is 10.1. The van der Waals surface area contributed by atoms with Crippen molar-refractivity contribution in [3.8, 4) is 6.07 Å². The standard InChI is InChI=1S/C10H11N3O2S/c11-7-8-6-9(12)2-3-10(8)13-4-1-5-16(13,14)15/h2-3,6H,1,4-5,12H2. The lowest BCUT2D eigenvalue weighted by molar-refractivity contribution is 0.599. The highest BCUT2D eigenvalue weighted by atomic mass is 32.2. The van der Waals surface area contributed by atoms with E-state index >= 15 is 0 Å². The quantitative estimate of drug-likeness (QED) is 0.727. The van der Waals surface area contributed by atoms with Crippen LogP contribution in [-0.2, 0) is 10.0 Å². The molecule has 0 aromatic heterocycles. The molecule has 1 saturated heterocycles. The van der Waals surface area contributed by atoms with Gasteiger partial charge in [0.2, 0.25) is 10.0 Å². The van der Waals surface area contributed by atoms with Gasteiger partial charge in [0, 0.05) is 12.2 Å². The van der Waals surface area contributed by atoms with E-state index in [-0.39, 0.29) is 5.75 Å². The Morgan fingerprint density at radius 3 is 2.75 bits per heavy atom.